The number of aryl methyl sites for hydroxylation is 1. The quantitative estimate of drug-likeness (QED) is 0.835. The van der Waals surface area contributed by atoms with Gasteiger partial charge in [-0.15, -0.1) is 0 Å². The Morgan fingerprint density at radius 3 is 2.42 bits per heavy atom. The lowest BCUT2D eigenvalue weighted by atomic mass is 10.0. The fourth-order valence-electron chi connectivity index (χ4n) is 2.96. The highest BCUT2D eigenvalue weighted by Gasteiger charge is 2.26. The molecular formula is C18H24N4O2. The predicted octanol–water partition coefficient (Wildman–Crippen LogP) is 1.10. The molecule has 1 saturated heterocycles. The van der Waals surface area contributed by atoms with Gasteiger partial charge in [-0.1, -0.05) is 29.8 Å². The Labute approximate surface area is 142 Å². The SMILES string of the molecule is Cc1ccc(C2=NN(CC(=O)N3CCN(C)CC3)C(=O)CC2)cc1. The molecule has 0 aromatic heterocycles. The first kappa shape index (κ1) is 16.6. The average Bonchev–Trinajstić information content (AvgIpc) is 2.58. The molecule has 0 radical (unpaired) electrons. The van der Waals surface area contributed by atoms with Gasteiger partial charge in [0.25, 0.3) is 0 Å². The van der Waals surface area contributed by atoms with Crippen LogP contribution in [0.4, 0.5) is 0 Å². The lowest BCUT2D eigenvalue weighted by Gasteiger charge is -2.33. The maximum absolute atomic E-state index is 12.5. The molecule has 0 bridgehead atoms. The summed E-state index contributed by atoms with van der Waals surface area (Å²) in [4.78, 5) is 28.6. The van der Waals surface area contributed by atoms with Gasteiger partial charge in [-0.25, -0.2) is 5.01 Å². The molecule has 1 aromatic carbocycles. The summed E-state index contributed by atoms with van der Waals surface area (Å²) < 4.78 is 0. The Kier molecular flexibility index (Phi) is 4.94. The number of hydrazone groups is 1. The van der Waals surface area contributed by atoms with E-state index in [9.17, 15) is 9.59 Å². The van der Waals surface area contributed by atoms with E-state index in [1.807, 2.05) is 43.1 Å². The number of carbonyl (C=O) groups excluding carboxylic acids is 2. The Balaban J connectivity index is 1.69. The van der Waals surface area contributed by atoms with E-state index in [0.717, 1.165) is 24.4 Å². The van der Waals surface area contributed by atoms with Crippen LogP contribution < -0.4 is 0 Å². The van der Waals surface area contributed by atoms with Crippen LogP contribution in [0.5, 0.6) is 0 Å². The number of nitrogens with zero attached hydrogens (tertiary/aromatic N) is 4. The number of amides is 2. The number of benzene rings is 1. The molecule has 2 heterocycles. The van der Waals surface area contributed by atoms with Crippen LogP contribution in [-0.2, 0) is 9.59 Å². The van der Waals surface area contributed by atoms with Crippen molar-refractivity contribution < 1.29 is 9.59 Å². The van der Waals surface area contributed by atoms with Crippen LogP contribution in [0.25, 0.3) is 0 Å². The van der Waals surface area contributed by atoms with Crippen molar-refractivity contribution in [1.29, 1.82) is 0 Å². The number of likely N-dealkylation sites (N-methyl/N-ethyl adjacent to an activating group) is 1. The van der Waals surface area contributed by atoms with Crippen LogP contribution in [0, 0.1) is 6.92 Å². The first-order chi connectivity index (χ1) is 11.5. The van der Waals surface area contributed by atoms with Gasteiger partial charge < -0.3 is 9.80 Å². The minimum atomic E-state index is -0.0756. The van der Waals surface area contributed by atoms with Crippen LogP contribution in [0.2, 0.25) is 0 Å². The van der Waals surface area contributed by atoms with Crippen molar-refractivity contribution in [2.75, 3.05) is 39.8 Å². The van der Waals surface area contributed by atoms with Gasteiger partial charge in [0, 0.05) is 39.0 Å². The summed E-state index contributed by atoms with van der Waals surface area (Å²) in [7, 11) is 2.05. The van der Waals surface area contributed by atoms with E-state index in [4.69, 9.17) is 0 Å². The first-order valence-electron chi connectivity index (χ1n) is 8.44. The Morgan fingerprint density at radius 1 is 1.08 bits per heavy atom. The Morgan fingerprint density at radius 2 is 1.75 bits per heavy atom. The predicted molar refractivity (Wildman–Crippen MR) is 92.7 cm³/mol. The van der Waals surface area contributed by atoms with E-state index < -0.39 is 0 Å². The molecule has 2 amide bonds. The molecule has 128 valence electrons. The molecular weight excluding hydrogens is 304 g/mol. The third kappa shape index (κ3) is 3.82. The van der Waals surface area contributed by atoms with Gasteiger partial charge in [-0.2, -0.15) is 5.10 Å². The smallest absolute Gasteiger partial charge is 0.244 e. The highest BCUT2D eigenvalue weighted by atomic mass is 16.2. The zero-order chi connectivity index (χ0) is 17.1. The Hall–Kier alpha value is -2.21. The number of hydrogen-bond donors (Lipinski definition) is 0. The van der Waals surface area contributed by atoms with Crippen LogP contribution in [-0.4, -0.2) is 72.1 Å². The minimum Gasteiger partial charge on any atom is -0.339 e. The molecule has 0 unspecified atom stereocenters. The van der Waals surface area contributed by atoms with E-state index in [1.54, 1.807) is 0 Å². The lowest BCUT2D eigenvalue weighted by molar-refractivity contribution is -0.141. The molecule has 6 heteroatoms. The van der Waals surface area contributed by atoms with Crippen LogP contribution in [0.3, 0.4) is 0 Å². The molecule has 2 aliphatic rings. The average molecular weight is 328 g/mol. The van der Waals surface area contributed by atoms with E-state index in [2.05, 4.69) is 10.0 Å². The Bertz CT molecular complexity index is 645. The monoisotopic (exact) mass is 328 g/mol. The van der Waals surface area contributed by atoms with Crippen LogP contribution >= 0.6 is 0 Å². The number of carbonyl (C=O) groups is 2. The molecule has 1 fully saturated rings. The number of hydrogen-bond acceptors (Lipinski definition) is 4. The van der Waals surface area contributed by atoms with E-state index >= 15 is 0 Å². The molecule has 3 rings (SSSR count). The largest absolute Gasteiger partial charge is 0.339 e. The van der Waals surface area contributed by atoms with Crippen LogP contribution in [0.15, 0.2) is 29.4 Å². The normalized spacial score (nSPS) is 19.4. The highest BCUT2D eigenvalue weighted by molar-refractivity contribution is 6.04. The second-order valence-corrected chi connectivity index (χ2v) is 6.55. The van der Waals surface area contributed by atoms with Gasteiger partial charge in [0.05, 0.1) is 5.71 Å². The summed E-state index contributed by atoms with van der Waals surface area (Å²) in [5.74, 6) is -0.0984. The third-order valence-electron chi connectivity index (χ3n) is 4.63. The molecule has 0 saturated carbocycles. The lowest BCUT2D eigenvalue weighted by Crippen LogP contribution is -2.50. The minimum absolute atomic E-state index is 0.0228. The van der Waals surface area contributed by atoms with E-state index in [1.165, 1.54) is 10.6 Å². The summed E-state index contributed by atoms with van der Waals surface area (Å²) in [5.41, 5.74) is 3.08. The van der Waals surface area contributed by atoms with E-state index in [0.29, 0.717) is 25.9 Å². The van der Waals surface area contributed by atoms with Gasteiger partial charge >= 0.3 is 0 Å². The zero-order valence-electron chi connectivity index (χ0n) is 14.4. The molecule has 2 aliphatic heterocycles. The van der Waals surface area contributed by atoms with Crippen molar-refractivity contribution >= 4 is 17.5 Å². The van der Waals surface area contributed by atoms with Crippen molar-refractivity contribution in [3.63, 3.8) is 0 Å². The molecule has 24 heavy (non-hydrogen) atoms. The van der Waals surface area contributed by atoms with Crippen LogP contribution in [0.1, 0.15) is 24.0 Å². The topological polar surface area (TPSA) is 56.2 Å². The van der Waals surface area contributed by atoms with Crippen molar-refractivity contribution in [1.82, 2.24) is 14.8 Å². The maximum atomic E-state index is 12.5. The van der Waals surface area contributed by atoms with Gasteiger partial charge in [0.1, 0.15) is 6.54 Å². The summed E-state index contributed by atoms with van der Waals surface area (Å²) >= 11 is 0. The maximum Gasteiger partial charge on any atom is 0.244 e. The summed E-state index contributed by atoms with van der Waals surface area (Å²) in [6.07, 6.45) is 1.03. The van der Waals surface area contributed by atoms with E-state index in [-0.39, 0.29) is 18.4 Å². The molecule has 1 aromatic rings. The standard InChI is InChI=1S/C18H24N4O2/c1-14-3-5-15(6-4-14)16-7-8-17(23)22(19-16)13-18(24)21-11-9-20(2)10-12-21/h3-6H,7-13H2,1-2H3. The number of rotatable bonds is 3. The van der Waals surface area contributed by atoms with Gasteiger partial charge in [0.15, 0.2) is 0 Å². The van der Waals surface area contributed by atoms with Gasteiger partial charge in [0.2, 0.25) is 11.8 Å². The van der Waals surface area contributed by atoms with Crippen molar-refractivity contribution in [3.8, 4) is 0 Å². The van der Waals surface area contributed by atoms with Crippen molar-refractivity contribution in [2.24, 2.45) is 5.10 Å². The first-order valence-corrected chi connectivity index (χ1v) is 8.44. The number of piperazine rings is 1. The third-order valence-corrected chi connectivity index (χ3v) is 4.63. The second kappa shape index (κ2) is 7.13. The molecule has 0 spiro atoms. The molecule has 0 atom stereocenters. The summed E-state index contributed by atoms with van der Waals surface area (Å²) in [6, 6.07) is 8.11. The fraction of sp³-hybridized carbons (Fsp3) is 0.500. The van der Waals surface area contributed by atoms with Crippen molar-refractivity contribution in [2.45, 2.75) is 19.8 Å². The second-order valence-electron chi connectivity index (χ2n) is 6.55. The summed E-state index contributed by atoms with van der Waals surface area (Å²) in [5, 5.41) is 5.80. The summed E-state index contributed by atoms with van der Waals surface area (Å²) in [6.45, 7) is 5.25. The fourth-order valence-corrected chi connectivity index (χ4v) is 2.96. The molecule has 0 aliphatic carbocycles. The zero-order valence-corrected chi connectivity index (χ0v) is 14.4. The highest BCUT2D eigenvalue weighted by Crippen LogP contribution is 2.16. The van der Waals surface area contributed by atoms with Gasteiger partial charge in [-0.05, 0) is 19.5 Å². The molecule has 6 nitrogen and oxygen atoms in total. The molecule has 0 N–H and O–H groups in total. The van der Waals surface area contributed by atoms with Gasteiger partial charge in [-0.3, -0.25) is 9.59 Å². The van der Waals surface area contributed by atoms with Crippen molar-refractivity contribution in [3.05, 3.63) is 35.4 Å².